The highest BCUT2D eigenvalue weighted by molar-refractivity contribution is 7.99. The number of carbonyl (C=O) groups excluding carboxylic acids is 1. The van der Waals surface area contributed by atoms with Gasteiger partial charge in [-0.15, -0.1) is 0 Å². The summed E-state index contributed by atoms with van der Waals surface area (Å²) in [6, 6.07) is 12.0. The fourth-order valence-corrected chi connectivity index (χ4v) is 3.06. The number of nitrogens with one attached hydrogen (secondary N) is 1. The highest BCUT2D eigenvalue weighted by Crippen LogP contribution is 2.37. The maximum Gasteiger partial charge on any atom is 0.417 e. The monoisotopic (exact) mass is 397 g/mol. The number of halogens is 3. The Morgan fingerprint density at radius 1 is 1.07 bits per heavy atom. The summed E-state index contributed by atoms with van der Waals surface area (Å²) < 4.78 is 40.2. The molecule has 2 aromatic rings. The predicted molar refractivity (Wildman–Crippen MR) is 97.1 cm³/mol. The molecule has 4 nitrogen and oxygen atoms in total. The highest BCUT2D eigenvalue weighted by Gasteiger charge is 2.33. The van der Waals surface area contributed by atoms with Gasteiger partial charge in [-0.2, -0.15) is 13.2 Å². The van der Waals surface area contributed by atoms with Crippen LogP contribution in [0.25, 0.3) is 6.08 Å². The molecule has 2 aromatic carbocycles. The maximum atomic E-state index is 13.4. The number of alkyl halides is 3. The first-order valence-corrected chi connectivity index (χ1v) is 8.79. The summed E-state index contributed by atoms with van der Waals surface area (Å²) in [4.78, 5) is 12.9. The first-order chi connectivity index (χ1) is 12.8. The van der Waals surface area contributed by atoms with Gasteiger partial charge < -0.3 is 15.5 Å². The zero-order valence-corrected chi connectivity index (χ0v) is 14.9. The molecule has 0 aromatic heterocycles. The third-order valence-corrected chi connectivity index (χ3v) is 4.51. The zero-order chi connectivity index (χ0) is 19.9. The van der Waals surface area contributed by atoms with E-state index < -0.39 is 36.9 Å². The van der Waals surface area contributed by atoms with E-state index in [1.807, 2.05) is 6.07 Å². The molecule has 8 heteroatoms. The van der Waals surface area contributed by atoms with Crippen LogP contribution in [0.2, 0.25) is 0 Å². The quantitative estimate of drug-likeness (QED) is 0.627. The van der Waals surface area contributed by atoms with E-state index in [9.17, 15) is 18.0 Å². The van der Waals surface area contributed by atoms with Gasteiger partial charge in [0.1, 0.15) is 0 Å². The SMILES string of the molecule is O=C(/C=C/c1ccc(Sc2ccccc2)cc1C(F)(F)F)NC(CO)CO. The van der Waals surface area contributed by atoms with Crippen molar-refractivity contribution in [2.24, 2.45) is 0 Å². The highest BCUT2D eigenvalue weighted by atomic mass is 32.2. The topological polar surface area (TPSA) is 69.6 Å². The first kappa shape index (κ1) is 21.0. The molecule has 144 valence electrons. The second kappa shape index (κ2) is 9.59. The third-order valence-electron chi connectivity index (χ3n) is 3.51. The molecule has 27 heavy (non-hydrogen) atoms. The normalized spacial score (nSPS) is 11.9. The van der Waals surface area contributed by atoms with Crippen molar-refractivity contribution in [1.29, 1.82) is 0 Å². The molecular formula is C19H18F3NO3S. The molecule has 0 aliphatic carbocycles. The number of aliphatic hydroxyl groups excluding tert-OH is 2. The van der Waals surface area contributed by atoms with Gasteiger partial charge in [0.15, 0.2) is 0 Å². The van der Waals surface area contributed by atoms with Crippen molar-refractivity contribution in [1.82, 2.24) is 5.32 Å². The zero-order valence-electron chi connectivity index (χ0n) is 14.1. The van der Waals surface area contributed by atoms with Gasteiger partial charge in [0.2, 0.25) is 5.91 Å². The van der Waals surface area contributed by atoms with E-state index in [0.29, 0.717) is 4.90 Å². The van der Waals surface area contributed by atoms with Crippen molar-refractivity contribution >= 4 is 23.7 Å². The minimum absolute atomic E-state index is 0.153. The lowest BCUT2D eigenvalue weighted by atomic mass is 10.1. The summed E-state index contributed by atoms with van der Waals surface area (Å²) in [7, 11) is 0. The van der Waals surface area contributed by atoms with Crippen molar-refractivity contribution in [3.63, 3.8) is 0 Å². The molecular weight excluding hydrogens is 379 g/mol. The van der Waals surface area contributed by atoms with Crippen LogP contribution in [-0.4, -0.2) is 35.4 Å². The molecule has 3 N–H and O–H groups in total. The van der Waals surface area contributed by atoms with Crippen LogP contribution in [0.1, 0.15) is 11.1 Å². The van der Waals surface area contributed by atoms with E-state index in [2.05, 4.69) is 5.32 Å². The molecule has 0 radical (unpaired) electrons. The molecule has 0 aliphatic heterocycles. The summed E-state index contributed by atoms with van der Waals surface area (Å²) in [5, 5.41) is 20.1. The van der Waals surface area contributed by atoms with Gasteiger partial charge in [0.25, 0.3) is 0 Å². The third kappa shape index (κ3) is 6.42. The number of amides is 1. The van der Waals surface area contributed by atoms with Crippen LogP contribution in [0.3, 0.4) is 0 Å². The van der Waals surface area contributed by atoms with Crippen molar-refractivity contribution in [2.75, 3.05) is 13.2 Å². The second-order valence-corrected chi connectivity index (χ2v) is 6.71. The van der Waals surface area contributed by atoms with E-state index in [4.69, 9.17) is 10.2 Å². The molecule has 0 bridgehead atoms. The maximum absolute atomic E-state index is 13.4. The lowest BCUT2D eigenvalue weighted by molar-refractivity contribution is -0.137. The fraction of sp³-hybridized carbons (Fsp3) is 0.211. The Morgan fingerprint density at radius 3 is 2.33 bits per heavy atom. The van der Waals surface area contributed by atoms with Crippen LogP contribution in [0.4, 0.5) is 13.2 Å². The van der Waals surface area contributed by atoms with Crippen molar-refractivity contribution in [2.45, 2.75) is 22.0 Å². The van der Waals surface area contributed by atoms with Crippen molar-refractivity contribution in [3.8, 4) is 0 Å². The van der Waals surface area contributed by atoms with Gasteiger partial charge in [-0.3, -0.25) is 4.79 Å². The smallest absolute Gasteiger partial charge is 0.394 e. The Balaban J connectivity index is 2.23. The minimum Gasteiger partial charge on any atom is -0.394 e. The largest absolute Gasteiger partial charge is 0.417 e. The number of hydrogen-bond acceptors (Lipinski definition) is 4. The van der Waals surface area contributed by atoms with E-state index in [1.54, 1.807) is 30.3 Å². The molecule has 1 amide bonds. The van der Waals surface area contributed by atoms with Gasteiger partial charge in [0.05, 0.1) is 24.8 Å². The van der Waals surface area contributed by atoms with Crippen LogP contribution >= 0.6 is 11.8 Å². The summed E-state index contributed by atoms with van der Waals surface area (Å²) >= 11 is 1.21. The Hall–Kier alpha value is -2.29. The van der Waals surface area contributed by atoms with Crippen LogP contribution in [0.15, 0.2) is 64.4 Å². The van der Waals surface area contributed by atoms with Crippen molar-refractivity contribution in [3.05, 3.63) is 65.7 Å². The Morgan fingerprint density at radius 2 is 1.74 bits per heavy atom. The standard InChI is InChI=1S/C19H18F3NO3S/c20-19(21,22)17-10-16(27-15-4-2-1-3-5-15)8-6-13(17)7-9-18(26)23-14(11-24)12-25/h1-10,14,24-25H,11-12H2,(H,23,26)/b9-7+. The Bertz CT molecular complexity index is 791. The van der Waals surface area contributed by atoms with Gasteiger partial charge in [-0.1, -0.05) is 36.0 Å². The number of aliphatic hydroxyl groups is 2. The van der Waals surface area contributed by atoms with Gasteiger partial charge >= 0.3 is 6.18 Å². The second-order valence-electron chi connectivity index (χ2n) is 5.57. The van der Waals surface area contributed by atoms with E-state index in [0.717, 1.165) is 23.1 Å². The minimum atomic E-state index is -4.58. The summed E-state index contributed by atoms with van der Waals surface area (Å²) in [6.07, 6.45) is -2.59. The number of hydrogen-bond donors (Lipinski definition) is 3. The van der Waals surface area contributed by atoms with Crippen LogP contribution in [-0.2, 0) is 11.0 Å². The summed E-state index contributed by atoms with van der Waals surface area (Å²) in [6.45, 7) is -0.954. The van der Waals surface area contributed by atoms with Crippen molar-refractivity contribution < 1.29 is 28.2 Å². The molecule has 0 fully saturated rings. The molecule has 0 atom stereocenters. The fourth-order valence-electron chi connectivity index (χ4n) is 2.18. The Labute approximate surface area is 158 Å². The van der Waals surface area contributed by atoms with Gasteiger partial charge in [0, 0.05) is 15.9 Å². The van der Waals surface area contributed by atoms with Gasteiger partial charge in [-0.25, -0.2) is 0 Å². The molecule has 0 heterocycles. The van der Waals surface area contributed by atoms with Crippen LogP contribution < -0.4 is 5.32 Å². The number of benzene rings is 2. The Kier molecular flexibility index (Phi) is 7.46. The molecule has 0 aliphatic rings. The lowest BCUT2D eigenvalue weighted by Gasteiger charge is -2.13. The first-order valence-electron chi connectivity index (χ1n) is 7.98. The van der Waals surface area contributed by atoms with E-state index >= 15 is 0 Å². The van der Waals surface area contributed by atoms with E-state index in [1.165, 1.54) is 17.8 Å². The van der Waals surface area contributed by atoms with E-state index in [-0.39, 0.29) is 5.56 Å². The molecule has 0 spiro atoms. The molecule has 0 unspecified atom stereocenters. The van der Waals surface area contributed by atoms with Gasteiger partial charge in [-0.05, 0) is 35.9 Å². The number of carbonyl (C=O) groups is 1. The van der Waals surface area contributed by atoms with Crippen LogP contribution in [0, 0.1) is 0 Å². The number of rotatable bonds is 7. The summed E-state index contributed by atoms with van der Waals surface area (Å²) in [5.41, 5.74) is -1.01. The average molecular weight is 397 g/mol. The molecule has 2 rings (SSSR count). The lowest BCUT2D eigenvalue weighted by Crippen LogP contribution is -2.39. The molecule has 0 saturated heterocycles. The summed E-state index contributed by atoms with van der Waals surface area (Å²) in [5.74, 6) is -0.709. The predicted octanol–water partition coefficient (Wildman–Crippen LogP) is 3.34. The molecule has 0 saturated carbocycles. The average Bonchev–Trinajstić information content (AvgIpc) is 2.65. The van der Waals surface area contributed by atoms with Crippen LogP contribution in [0.5, 0.6) is 0 Å².